The smallest absolute Gasteiger partial charge is 0.331 e. The maximum absolute atomic E-state index is 12.0. The van der Waals surface area contributed by atoms with Gasteiger partial charge in [-0.1, -0.05) is 0 Å². The van der Waals surface area contributed by atoms with Crippen molar-refractivity contribution in [3.63, 3.8) is 0 Å². The first-order valence-corrected chi connectivity index (χ1v) is 7.89. The Morgan fingerprint density at radius 1 is 1.50 bits per heavy atom. The molecule has 7 nitrogen and oxygen atoms in total. The Bertz CT molecular complexity index is 650. The summed E-state index contributed by atoms with van der Waals surface area (Å²) in [5, 5.41) is 5.80. The van der Waals surface area contributed by atoms with Crippen molar-refractivity contribution < 1.29 is 14.3 Å². The fourth-order valence-corrected chi connectivity index (χ4v) is 2.24. The van der Waals surface area contributed by atoms with Crippen molar-refractivity contribution in [2.45, 2.75) is 32.9 Å². The van der Waals surface area contributed by atoms with E-state index in [4.69, 9.17) is 4.74 Å². The molecule has 0 saturated heterocycles. The Kier molecular flexibility index (Phi) is 5.56. The van der Waals surface area contributed by atoms with Gasteiger partial charge in [0.05, 0.1) is 6.54 Å². The molecule has 7 heteroatoms. The predicted molar refractivity (Wildman–Crippen MR) is 92.5 cm³/mol. The molecular weight excluding hydrogens is 308 g/mol. The minimum atomic E-state index is -0.520. The second kappa shape index (κ2) is 7.44. The monoisotopic (exact) mass is 332 g/mol. The first-order chi connectivity index (χ1) is 11.3. The molecule has 130 valence electrons. The van der Waals surface area contributed by atoms with E-state index in [0.29, 0.717) is 25.5 Å². The van der Waals surface area contributed by atoms with Crippen molar-refractivity contribution in [3.05, 3.63) is 29.5 Å². The highest BCUT2D eigenvalue weighted by atomic mass is 16.6. The quantitative estimate of drug-likeness (QED) is 0.636. The molecule has 2 N–H and O–H groups in total. The third-order valence-corrected chi connectivity index (χ3v) is 3.31. The molecule has 0 saturated carbocycles. The van der Waals surface area contributed by atoms with Crippen molar-refractivity contribution in [3.8, 4) is 0 Å². The summed E-state index contributed by atoms with van der Waals surface area (Å²) in [6.07, 6.45) is 4.66. The van der Waals surface area contributed by atoms with E-state index < -0.39 is 11.6 Å². The van der Waals surface area contributed by atoms with Gasteiger partial charge in [0, 0.05) is 30.9 Å². The fourth-order valence-electron chi connectivity index (χ4n) is 2.24. The molecule has 24 heavy (non-hydrogen) atoms. The molecule has 0 bridgehead atoms. The number of carbonyl (C=O) groups is 2. The van der Waals surface area contributed by atoms with Gasteiger partial charge in [0.15, 0.2) is 0 Å². The summed E-state index contributed by atoms with van der Waals surface area (Å²) in [6.45, 7) is 7.28. The molecule has 1 aromatic rings. The second-order valence-electron chi connectivity index (χ2n) is 6.60. The number of amides is 2. The average Bonchev–Trinajstić information content (AvgIpc) is 2.49. The number of carbonyl (C=O) groups excluding carboxylic acids is 2. The van der Waals surface area contributed by atoms with Crippen LogP contribution in [0.4, 0.5) is 10.6 Å². The fraction of sp³-hybridized carbons (Fsp3) is 0.471. The number of aromatic nitrogens is 1. The van der Waals surface area contributed by atoms with Gasteiger partial charge < -0.3 is 15.0 Å². The number of hydrogen-bond donors (Lipinski definition) is 2. The zero-order valence-electron chi connectivity index (χ0n) is 14.5. The number of anilines is 1. The second-order valence-corrected chi connectivity index (χ2v) is 6.60. The van der Waals surface area contributed by atoms with Crippen molar-refractivity contribution in [2.75, 3.05) is 25.5 Å². The van der Waals surface area contributed by atoms with Crippen molar-refractivity contribution in [1.29, 1.82) is 0 Å². The van der Waals surface area contributed by atoms with Gasteiger partial charge in [0.1, 0.15) is 11.4 Å². The number of urea groups is 1. The number of ether oxygens (including phenoxy) is 1. The highest BCUT2D eigenvalue weighted by Gasteiger charge is 2.23. The van der Waals surface area contributed by atoms with Crippen LogP contribution >= 0.6 is 0 Å². The third-order valence-electron chi connectivity index (χ3n) is 3.31. The average molecular weight is 332 g/mol. The van der Waals surface area contributed by atoms with Gasteiger partial charge in [-0.25, -0.2) is 14.6 Å². The number of hydrogen-bond acceptors (Lipinski definition) is 5. The number of nitrogens with zero attached hydrogens (tertiary/aromatic N) is 2. The number of rotatable bonds is 5. The first kappa shape index (κ1) is 17.9. The minimum Gasteiger partial charge on any atom is -0.457 e. The minimum absolute atomic E-state index is 0.151. The summed E-state index contributed by atoms with van der Waals surface area (Å²) < 4.78 is 5.23. The summed E-state index contributed by atoms with van der Waals surface area (Å²) >= 11 is 0. The standard InChI is InChI=1S/C17H24N4O3/c1-17(2,3)24-14(22)6-5-12-9-13-11-21(8-7-18-4)16(23)20-15(13)19-10-12/h5-6,9-10,18H,7-8,11H2,1-4H3,(H,19,20,23). The predicted octanol–water partition coefficient (Wildman–Crippen LogP) is 2.00. The molecule has 2 amide bonds. The van der Waals surface area contributed by atoms with Crippen LogP contribution in [0.2, 0.25) is 0 Å². The SMILES string of the molecule is CNCCN1Cc2cc(C=CC(=O)OC(C)(C)C)cnc2NC1=O. The molecule has 0 radical (unpaired) electrons. The van der Waals surface area contributed by atoms with E-state index in [1.54, 1.807) is 17.2 Å². The molecule has 2 rings (SSSR count). The Hall–Kier alpha value is -2.41. The molecule has 0 unspecified atom stereocenters. The molecule has 0 aliphatic carbocycles. The van der Waals surface area contributed by atoms with Crippen LogP contribution in [0, 0.1) is 0 Å². The maximum Gasteiger partial charge on any atom is 0.331 e. The summed E-state index contributed by atoms with van der Waals surface area (Å²) in [5.41, 5.74) is 1.18. The summed E-state index contributed by atoms with van der Waals surface area (Å²) in [6, 6.07) is 1.76. The van der Waals surface area contributed by atoms with Gasteiger partial charge in [0.2, 0.25) is 0 Å². The lowest BCUT2D eigenvalue weighted by Crippen LogP contribution is -2.42. The van der Waals surface area contributed by atoms with E-state index in [9.17, 15) is 9.59 Å². The largest absolute Gasteiger partial charge is 0.457 e. The van der Waals surface area contributed by atoms with Crippen LogP contribution in [0.5, 0.6) is 0 Å². The van der Waals surface area contributed by atoms with Crippen LogP contribution in [0.15, 0.2) is 18.3 Å². The number of pyridine rings is 1. The Labute approximate surface area is 142 Å². The molecule has 0 atom stereocenters. The molecule has 1 aromatic heterocycles. The van der Waals surface area contributed by atoms with Crippen LogP contribution < -0.4 is 10.6 Å². The number of fused-ring (bicyclic) bond motifs is 1. The van der Waals surface area contributed by atoms with Gasteiger partial charge in [-0.2, -0.15) is 0 Å². The van der Waals surface area contributed by atoms with Crippen molar-refractivity contribution >= 4 is 23.9 Å². The van der Waals surface area contributed by atoms with E-state index in [2.05, 4.69) is 15.6 Å². The zero-order chi connectivity index (χ0) is 17.7. The molecule has 0 fully saturated rings. The van der Waals surface area contributed by atoms with Crippen LogP contribution in [0.3, 0.4) is 0 Å². The summed E-state index contributed by atoms with van der Waals surface area (Å²) in [5.74, 6) is 0.166. The number of nitrogens with one attached hydrogen (secondary N) is 2. The number of esters is 1. The Morgan fingerprint density at radius 3 is 2.92 bits per heavy atom. The van der Waals surface area contributed by atoms with Crippen LogP contribution in [0.1, 0.15) is 31.9 Å². The lowest BCUT2D eigenvalue weighted by atomic mass is 10.1. The van der Waals surface area contributed by atoms with Gasteiger partial charge in [-0.15, -0.1) is 0 Å². The van der Waals surface area contributed by atoms with E-state index in [-0.39, 0.29) is 6.03 Å². The topological polar surface area (TPSA) is 83.6 Å². The van der Waals surface area contributed by atoms with Crippen LogP contribution in [0.25, 0.3) is 6.08 Å². The molecular formula is C17H24N4O3. The normalized spacial score (nSPS) is 14.5. The van der Waals surface area contributed by atoms with Gasteiger partial charge >= 0.3 is 12.0 Å². The highest BCUT2D eigenvalue weighted by molar-refractivity contribution is 5.91. The Morgan fingerprint density at radius 2 is 2.25 bits per heavy atom. The highest BCUT2D eigenvalue weighted by Crippen LogP contribution is 2.22. The van der Waals surface area contributed by atoms with Gasteiger partial charge in [-0.3, -0.25) is 5.32 Å². The molecule has 1 aliphatic rings. The van der Waals surface area contributed by atoms with E-state index in [1.807, 2.05) is 33.9 Å². The molecule has 0 aromatic carbocycles. The summed E-state index contributed by atoms with van der Waals surface area (Å²) in [4.78, 5) is 29.7. The zero-order valence-corrected chi connectivity index (χ0v) is 14.5. The molecule has 0 spiro atoms. The number of likely N-dealkylation sites (N-methyl/N-ethyl adjacent to an activating group) is 1. The van der Waals surface area contributed by atoms with E-state index in [1.165, 1.54) is 6.08 Å². The third kappa shape index (κ3) is 5.06. The van der Waals surface area contributed by atoms with Crippen molar-refractivity contribution in [2.24, 2.45) is 0 Å². The maximum atomic E-state index is 12.0. The van der Waals surface area contributed by atoms with Crippen LogP contribution in [-0.2, 0) is 16.1 Å². The molecule has 2 heterocycles. The first-order valence-electron chi connectivity index (χ1n) is 7.89. The lowest BCUT2D eigenvalue weighted by Gasteiger charge is -2.28. The molecule has 1 aliphatic heterocycles. The Balaban J connectivity index is 2.08. The van der Waals surface area contributed by atoms with Gasteiger partial charge in [0.25, 0.3) is 0 Å². The lowest BCUT2D eigenvalue weighted by molar-refractivity contribution is -0.148. The van der Waals surface area contributed by atoms with Crippen LogP contribution in [-0.4, -0.2) is 47.6 Å². The van der Waals surface area contributed by atoms with Gasteiger partial charge in [-0.05, 0) is 45.5 Å². The van der Waals surface area contributed by atoms with Crippen molar-refractivity contribution in [1.82, 2.24) is 15.2 Å². The van der Waals surface area contributed by atoms with E-state index >= 15 is 0 Å². The van der Waals surface area contributed by atoms with E-state index in [0.717, 1.165) is 11.1 Å². The summed E-state index contributed by atoms with van der Waals surface area (Å²) in [7, 11) is 1.84.